The molecule has 1 aromatic rings. The van der Waals surface area contributed by atoms with Gasteiger partial charge in [0.15, 0.2) is 0 Å². The van der Waals surface area contributed by atoms with Crippen molar-refractivity contribution in [2.24, 2.45) is 17.3 Å². The summed E-state index contributed by atoms with van der Waals surface area (Å²) < 4.78 is 5.96. The molecular weight excluding hydrogens is 396 g/mol. The lowest BCUT2D eigenvalue weighted by Crippen LogP contribution is -2.49. The maximum absolute atomic E-state index is 12.8. The van der Waals surface area contributed by atoms with Gasteiger partial charge in [-0.3, -0.25) is 9.69 Å². The molecule has 2 aliphatic carbocycles. The Morgan fingerprint density at radius 3 is 2.80 bits per heavy atom. The van der Waals surface area contributed by atoms with Crippen molar-refractivity contribution in [3.8, 4) is 0 Å². The van der Waals surface area contributed by atoms with Crippen LogP contribution >= 0.6 is 11.6 Å². The second kappa shape index (κ2) is 7.87. The van der Waals surface area contributed by atoms with Crippen LogP contribution in [0, 0.1) is 17.3 Å². The molecule has 5 rings (SSSR count). The molecule has 0 aromatic heterocycles. The summed E-state index contributed by atoms with van der Waals surface area (Å²) >= 11 is 6.16. The number of fused-ring (bicyclic) bond motifs is 2. The summed E-state index contributed by atoms with van der Waals surface area (Å²) in [6, 6.07) is 8.09. The molecule has 30 heavy (non-hydrogen) atoms. The number of piperazine rings is 1. The van der Waals surface area contributed by atoms with Crippen molar-refractivity contribution in [2.75, 3.05) is 37.6 Å². The fourth-order valence-corrected chi connectivity index (χ4v) is 6.65. The Hall–Kier alpha value is -1.52. The summed E-state index contributed by atoms with van der Waals surface area (Å²) in [6.07, 6.45) is 5.96. The van der Waals surface area contributed by atoms with Crippen LogP contribution in [0.1, 0.15) is 46.0 Å². The maximum Gasteiger partial charge on any atom is 0.310 e. The molecular formula is C25H33ClN2O2. The van der Waals surface area contributed by atoms with Crippen LogP contribution in [-0.4, -0.2) is 49.7 Å². The first-order valence-corrected chi connectivity index (χ1v) is 11.9. The molecule has 1 unspecified atom stereocenters. The normalized spacial score (nSPS) is 34.6. The third kappa shape index (κ3) is 3.67. The highest BCUT2D eigenvalue weighted by Crippen LogP contribution is 2.55. The van der Waals surface area contributed by atoms with Crippen LogP contribution in [0.2, 0.25) is 5.02 Å². The summed E-state index contributed by atoms with van der Waals surface area (Å²) in [5, 5.41) is 0.784. The minimum absolute atomic E-state index is 0.0273. The van der Waals surface area contributed by atoms with Gasteiger partial charge in [0.2, 0.25) is 0 Å². The molecule has 2 aliphatic heterocycles. The number of esters is 1. The van der Waals surface area contributed by atoms with E-state index in [0.717, 1.165) is 50.6 Å². The van der Waals surface area contributed by atoms with E-state index >= 15 is 0 Å². The van der Waals surface area contributed by atoms with Crippen LogP contribution in [-0.2, 0) is 9.53 Å². The average Bonchev–Trinajstić information content (AvgIpc) is 3.01. The molecule has 0 amide bonds. The van der Waals surface area contributed by atoms with Crippen molar-refractivity contribution in [3.05, 3.63) is 40.4 Å². The van der Waals surface area contributed by atoms with E-state index < -0.39 is 0 Å². The number of allylic oxidation sites excluding steroid dienone is 2. The molecule has 3 fully saturated rings. The number of hydrogen-bond acceptors (Lipinski definition) is 4. The number of halogens is 1. The zero-order valence-electron chi connectivity index (χ0n) is 18.2. The van der Waals surface area contributed by atoms with Crippen LogP contribution in [0.4, 0.5) is 5.69 Å². The first kappa shape index (κ1) is 20.4. The summed E-state index contributed by atoms with van der Waals surface area (Å²) in [5.41, 5.74) is 4.66. The molecule has 0 bridgehead atoms. The Bertz CT molecular complexity index is 860. The summed E-state index contributed by atoms with van der Waals surface area (Å²) in [5.74, 6) is 0.432. The fraction of sp³-hybridized carbons (Fsp3) is 0.640. The molecule has 2 heterocycles. The number of nitrogens with zero attached hydrogens (tertiary/aromatic N) is 2. The lowest BCUT2D eigenvalue weighted by molar-refractivity contribution is -0.145. The van der Waals surface area contributed by atoms with Gasteiger partial charge in [0.25, 0.3) is 0 Å². The first-order valence-electron chi connectivity index (χ1n) is 11.6. The van der Waals surface area contributed by atoms with E-state index in [9.17, 15) is 4.79 Å². The highest BCUT2D eigenvalue weighted by Gasteiger charge is 2.53. The van der Waals surface area contributed by atoms with Crippen molar-refractivity contribution < 1.29 is 9.53 Å². The molecule has 0 spiro atoms. The number of benzene rings is 1. The molecule has 0 N–H and O–H groups in total. The predicted octanol–water partition coefficient (Wildman–Crippen LogP) is 4.92. The summed E-state index contributed by atoms with van der Waals surface area (Å²) in [7, 11) is 0. The Morgan fingerprint density at radius 1 is 1.23 bits per heavy atom. The Kier molecular flexibility index (Phi) is 5.35. The molecule has 4 aliphatic rings. The number of hydrogen-bond donors (Lipinski definition) is 0. The van der Waals surface area contributed by atoms with Crippen molar-refractivity contribution in [3.63, 3.8) is 0 Å². The minimum Gasteiger partial charge on any atom is -0.462 e. The lowest BCUT2D eigenvalue weighted by Gasteiger charge is -2.46. The van der Waals surface area contributed by atoms with Gasteiger partial charge in [0.05, 0.1) is 5.92 Å². The molecule has 0 radical (unpaired) electrons. The predicted molar refractivity (Wildman–Crippen MR) is 121 cm³/mol. The zero-order valence-corrected chi connectivity index (χ0v) is 19.0. The van der Waals surface area contributed by atoms with E-state index in [-0.39, 0.29) is 23.4 Å². The van der Waals surface area contributed by atoms with Gasteiger partial charge in [-0.15, -0.1) is 0 Å². The maximum atomic E-state index is 12.8. The monoisotopic (exact) mass is 428 g/mol. The van der Waals surface area contributed by atoms with Crippen molar-refractivity contribution in [2.45, 2.75) is 52.1 Å². The Balaban J connectivity index is 1.24. The van der Waals surface area contributed by atoms with Gasteiger partial charge >= 0.3 is 5.97 Å². The molecule has 1 saturated carbocycles. The van der Waals surface area contributed by atoms with Crippen LogP contribution in [0.3, 0.4) is 0 Å². The van der Waals surface area contributed by atoms with Gasteiger partial charge in [0, 0.05) is 49.4 Å². The van der Waals surface area contributed by atoms with Gasteiger partial charge in [0.1, 0.15) is 6.10 Å². The largest absolute Gasteiger partial charge is 0.462 e. The molecule has 1 aromatic carbocycles. The quantitative estimate of drug-likeness (QED) is 0.505. The second-order valence-electron chi connectivity index (χ2n) is 10.1. The molecule has 2 saturated heterocycles. The Morgan fingerprint density at radius 2 is 2.03 bits per heavy atom. The van der Waals surface area contributed by atoms with Crippen molar-refractivity contribution in [1.29, 1.82) is 0 Å². The van der Waals surface area contributed by atoms with Crippen LogP contribution in [0.5, 0.6) is 0 Å². The zero-order chi connectivity index (χ0) is 20.9. The van der Waals surface area contributed by atoms with E-state index in [0.29, 0.717) is 5.92 Å². The van der Waals surface area contributed by atoms with E-state index in [1.807, 2.05) is 18.2 Å². The SMILES string of the molecule is CC1=C2C[C@@H]3C(CN4CCN(c5cccc(Cl)c5)CC4)C(=O)O[C@@H]3C[C@@]2(C)CCC1. The summed E-state index contributed by atoms with van der Waals surface area (Å²) in [4.78, 5) is 17.7. The number of anilines is 1. The standard InChI is InChI=1S/C25H33ClN2O2/c1-17-5-4-8-25(2)15-23-20(14-22(17)25)21(24(29)30-23)16-27-9-11-28(12-10-27)19-7-3-6-18(26)13-19/h3,6-7,13,20-21,23H,4-5,8-12,14-16H2,1-2H3/t20-,21?,23-,25-/m1/s1. The number of rotatable bonds is 3. The fourth-order valence-electron chi connectivity index (χ4n) is 6.46. The average molecular weight is 429 g/mol. The van der Waals surface area contributed by atoms with Gasteiger partial charge in [-0.05, 0) is 62.6 Å². The van der Waals surface area contributed by atoms with E-state index in [1.165, 1.54) is 24.9 Å². The van der Waals surface area contributed by atoms with Gasteiger partial charge in [-0.25, -0.2) is 0 Å². The number of carbonyl (C=O) groups is 1. The number of carbonyl (C=O) groups excluding carboxylic acids is 1. The number of ether oxygens (including phenoxy) is 1. The van der Waals surface area contributed by atoms with Crippen LogP contribution < -0.4 is 4.90 Å². The Labute approximate surface area is 185 Å². The van der Waals surface area contributed by atoms with Gasteiger partial charge in [-0.1, -0.05) is 35.7 Å². The molecule has 162 valence electrons. The minimum atomic E-state index is 0.0273. The molecule has 4 atom stereocenters. The second-order valence-corrected chi connectivity index (χ2v) is 10.5. The highest BCUT2D eigenvalue weighted by molar-refractivity contribution is 6.30. The van der Waals surface area contributed by atoms with Crippen molar-refractivity contribution >= 4 is 23.3 Å². The first-order chi connectivity index (χ1) is 14.4. The third-order valence-corrected chi connectivity index (χ3v) is 8.42. The van der Waals surface area contributed by atoms with Crippen molar-refractivity contribution in [1.82, 2.24) is 4.90 Å². The van der Waals surface area contributed by atoms with Gasteiger partial charge < -0.3 is 9.64 Å². The van der Waals surface area contributed by atoms with Crippen LogP contribution in [0.15, 0.2) is 35.4 Å². The van der Waals surface area contributed by atoms with E-state index in [4.69, 9.17) is 16.3 Å². The molecule has 5 heteroatoms. The third-order valence-electron chi connectivity index (χ3n) is 8.18. The topological polar surface area (TPSA) is 32.8 Å². The highest BCUT2D eigenvalue weighted by atomic mass is 35.5. The molecule has 4 nitrogen and oxygen atoms in total. The lowest BCUT2D eigenvalue weighted by atomic mass is 9.59. The summed E-state index contributed by atoms with van der Waals surface area (Å²) in [6.45, 7) is 9.45. The smallest absolute Gasteiger partial charge is 0.310 e. The van der Waals surface area contributed by atoms with Crippen LogP contribution in [0.25, 0.3) is 0 Å². The van der Waals surface area contributed by atoms with E-state index in [2.05, 4.69) is 29.7 Å². The van der Waals surface area contributed by atoms with Gasteiger partial charge in [-0.2, -0.15) is 0 Å². The van der Waals surface area contributed by atoms with E-state index in [1.54, 1.807) is 11.1 Å².